The number of hydrogen-bond donors (Lipinski definition) is 1. The number of rotatable bonds is 4. The Kier molecular flexibility index (Phi) is 4.44. The largest absolute Gasteiger partial charge is 0.361 e. The molecule has 0 aliphatic carbocycles. The average molecular weight is 419 g/mol. The lowest BCUT2D eigenvalue weighted by atomic mass is 9.90. The number of nitrogens with zero attached hydrogens (tertiary/aromatic N) is 3. The number of anilines is 1. The molecule has 6 nitrogen and oxygen atoms in total. The molecule has 2 amide bonds. The van der Waals surface area contributed by atoms with Crippen molar-refractivity contribution in [1.29, 1.82) is 0 Å². The van der Waals surface area contributed by atoms with E-state index in [1.54, 1.807) is 28.1 Å². The highest BCUT2D eigenvalue weighted by atomic mass is 35.5. The fourth-order valence-electron chi connectivity index (χ4n) is 4.51. The van der Waals surface area contributed by atoms with E-state index in [0.717, 1.165) is 11.1 Å². The number of halogens is 1. The van der Waals surface area contributed by atoms with Crippen LogP contribution >= 0.6 is 11.6 Å². The fourth-order valence-corrected chi connectivity index (χ4v) is 4.64. The number of amides is 2. The van der Waals surface area contributed by atoms with Crippen molar-refractivity contribution in [1.82, 2.24) is 14.8 Å². The second kappa shape index (κ2) is 7.15. The van der Waals surface area contributed by atoms with Crippen molar-refractivity contribution < 1.29 is 9.59 Å². The molecule has 5 rings (SSSR count). The summed E-state index contributed by atoms with van der Waals surface area (Å²) in [4.78, 5) is 34.4. The van der Waals surface area contributed by atoms with Gasteiger partial charge in [0.1, 0.15) is 5.82 Å². The number of aromatic nitrogens is 1. The van der Waals surface area contributed by atoms with E-state index in [0.29, 0.717) is 29.5 Å². The summed E-state index contributed by atoms with van der Waals surface area (Å²) in [5.41, 5.74) is 1.32. The van der Waals surface area contributed by atoms with E-state index in [1.807, 2.05) is 54.6 Å². The number of hydrogen-bond acceptors (Lipinski definition) is 4. The highest BCUT2D eigenvalue weighted by Crippen LogP contribution is 2.49. The van der Waals surface area contributed by atoms with Crippen LogP contribution in [-0.2, 0) is 10.5 Å². The van der Waals surface area contributed by atoms with Crippen molar-refractivity contribution in [3.8, 4) is 0 Å². The predicted molar refractivity (Wildman–Crippen MR) is 114 cm³/mol. The minimum atomic E-state index is -0.971. The lowest BCUT2D eigenvalue weighted by molar-refractivity contribution is -0.134. The van der Waals surface area contributed by atoms with E-state index in [2.05, 4.69) is 10.3 Å². The lowest BCUT2D eigenvalue weighted by Crippen LogP contribution is -2.52. The minimum Gasteiger partial charge on any atom is -0.361 e. The van der Waals surface area contributed by atoms with Crippen LogP contribution in [0.2, 0.25) is 5.02 Å². The van der Waals surface area contributed by atoms with E-state index >= 15 is 0 Å². The van der Waals surface area contributed by atoms with Gasteiger partial charge >= 0.3 is 0 Å². The van der Waals surface area contributed by atoms with Gasteiger partial charge in [-0.25, -0.2) is 4.98 Å². The second-order valence-corrected chi connectivity index (χ2v) is 7.73. The van der Waals surface area contributed by atoms with Crippen molar-refractivity contribution >= 4 is 29.2 Å². The number of nitrogens with one attached hydrogen (secondary N) is 1. The summed E-state index contributed by atoms with van der Waals surface area (Å²) in [6.07, 6.45) is 1.67. The van der Waals surface area contributed by atoms with Crippen molar-refractivity contribution in [3.05, 3.63) is 94.6 Å². The second-order valence-electron chi connectivity index (χ2n) is 7.30. The van der Waals surface area contributed by atoms with E-state index < -0.39 is 5.66 Å². The van der Waals surface area contributed by atoms with Gasteiger partial charge in [-0.05, 0) is 30.3 Å². The van der Waals surface area contributed by atoms with Crippen LogP contribution in [0.25, 0.3) is 0 Å². The van der Waals surface area contributed by atoms with Gasteiger partial charge in [0.2, 0.25) is 5.91 Å². The number of benzene rings is 2. The van der Waals surface area contributed by atoms with Crippen LogP contribution in [0.15, 0.2) is 72.9 Å². The Balaban J connectivity index is 1.58. The van der Waals surface area contributed by atoms with Crippen LogP contribution in [0.1, 0.15) is 21.5 Å². The third-order valence-electron chi connectivity index (χ3n) is 5.74. The number of pyridine rings is 1. The molecule has 0 radical (unpaired) electrons. The molecular formula is C23H19ClN4O2. The molecule has 2 aromatic carbocycles. The molecule has 3 aromatic rings. The molecule has 1 N–H and O–H groups in total. The molecule has 1 aromatic heterocycles. The molecule has 0 spiro atoms. The maximum Gasteiger partial charge on any atom is 0.256 e. The van der Waals surface area contributed by atoms with Gasteiger partial charge in [-0.2, -0.15) is 0 Å². The highest BCUT2D eigenvalue weighted by molar-refractivity contribution is 6.30. The zero-order valence-electron chi connectivity index (χ0n) is 16.1. The quantitative estimate of drug-likeness (QED) is 0.705. The van der Waals surface area contributed by atoms with Crippen LogP contribution in [0.5, 0.6) is 0 Å². The molecule has 1 atom stereocenters. The van der Waals surface area contributed by atoms with Crippen molar-refractivity contribution in [2.75, 3.05) is 25.0 Å². The first-order chi connectivity index (χ1) is 14.6. The molecule has 150 valence electrons. The van der Waals surface area contributed by atoms with Gasteiger partial charge in [0.15, 0.2) is 5.66 Å². The molecular weight excluding hydrogens is 400 g/mol. The Morgan fingerprint density at radius 2 is 1.80 bits per heavy atom. The summed E-state index contributed by atoms with van der Waals surface area (Å²) >= 11 is 6.13. The standard InChI is InChI=1S/C23H19ClN4O2/c24-17-10-8-16(9-11-17)23-19-6-2-1-5-18(19)22(30)28(23)14-13-27(23)21(29)15-26-20-7-3-4-12-25-20/h1-12H,13-15H2,(H,25,26). The molecule has 1 saturated heterocycles. The lowest BCUT2D eigenvalue weighted by Gasteiger charge is -2.40. The Morgan fingerprint density at radius 1 is 1.03 bits per heavy atom. The predicted octanol–water partition coefficient (Wildman–Crippen LogP) is 3.35. The van der Waals surface area contributed by atoms with Gasteiger partial charge in [-0.15, -0.1) is 0 Å². The Morgan fingerprint density at radius 3 is 2.57 bits per heavy atom. The SMILES string of the molecule is O=C(CNc1ccccn1)N1CCN2C(=O)c3ccccc3C12c1ccc(Cl)cc1. The third-order valence-corrected chi connectivity index (χ3v) is 5.99. The Bertz CT molecular complexity index is 1120. The molecule has 1 fully saturated rings. The molecule has 0 bridgehead atoms. The fraction of sp³-hybridized carbons (Fsp3) is 0.174. The highest BCUT2D eigenvalue weighted by Gasteiger charge is 2.59. The molecule has 2 aliphatic rings. The normalized spacial score (nSPS) is 19.6. The van der Waals surface area contributed by atoms with E-state index in [4.69, 9.17) is 11.6 Å². The average Bonchev–Trinajstić information content (AvgIpc) is 3.29. The first kappa shape index (κ1) is 18.6. The van der Waals surface area contributed by atoms with Gasteiger partial charge in [-0.1, -0.05) is 48.0 Å². The summed E-state index contributed by atoms with van der Waals surface area (Å²) in [7, 11) is 0. The molecule has 2 aliphatic heterocycles. The minimum absolute atomic E-state index is 0.0615. The van der Waals surface area contributed by atoms with Crippen LogP contribution in [0.4, 0.5) is 5.82 Å². The summed E-state index contributed by atoms with van der Waals surface area (Å²) in [6, 6.07) is 20.4. The third kappa shape index (κ3) is 2.68. The monoisotopic (exact) mass is 418 g/mol. The van der Waals surface area contributed by atoms with Crippen LogP contribution in [0, 0.1) is 0 Å². The first-order valence-corrected chi connectivity index (χ1v) is 10.1. The molecule has 1 unspecified atom stereocenters. The molecule has 30 heavy (non-hydrogen) atoms. The number of carbonyl (C=O) groups is 2. The van der Waals surface area contributed by atoms with E-state index in [-0.39, 0.29) is 18.4 Å². The summed E-state index contributed by atoms with van der Waals surface area (Å²) in [6.45, 7) is 0.994. The van der Waals surface area contributed by atoms with Gasteiger partial charge in [-0.3, -0.25) is 9.59 Å². The summed E-state index contributed by atoms with van der Waals surface area (Å²) in [5, 5.41) is 3.69. The van der Waals surface area contributed by atoms with Gasteiger partial charge < -0.3 is 15.1 Å². The van der Waals surface area contributed by atoms with Crippen molar-refractivity contribution in [3.63, 3.8) is 0 Å². The first-order valence-electron chi connectivity index (χ1n) is 9.75. The smallest absolute Gasteiger partial charge is 0.256 e. The van der Waals surface area contributed by atoms with Gasteiger partial charge in [0.05, 0.1) is 6.54 Å². The summed E-state index contributed by atoms with van der Waals surface area (Å²) < 4.78 is 0. The Labute approximate surface area is 179 Å². The van der Waals surface area contributed by atoms with Crippen LogP contribution in [-0.4, -0.2) is 46.2 Å². The summed E-state index contributed by atoms with van der Waals surface area (Å²) in [5.74, 6) is 0.460. The van der Waals surface area contributed by atoms with Gasteiger partial charge in [0, 0.05) is 41.0 Å². The van der Waals surface area contributed by atoms with Crippen LogP contribution in [0.3, 0.4) is 0 Å². The van der Waals surface area contributed by atoms with Gasteiger partial charge in [0.25, 0.3) is 5.91 Å². The van der Waals surface area contributed by atoms with Crippen LogP contribution < -0.4 is 5.32 Å². The maximum absolute atomic E-state index is 13.4. The van der Waals surface area contributed by atoms with E-state index in [1.165, 1.54) is 0 Å². The topological polar surface area (TPSA) is 65.5 Å². The molecule has 3 heterocycles. The molecule has 7 heteroatoms. The zero-order valence-corrected chi connectivity index (χ0v) is 16.8. The number of carbonyl (C=O) groups excluding carboxylic acids is 2. The van der Waals surface area contributed by atoms with E-state index in [9.17, 15) is 9.59 Å². The number of fused-ring (bicyclic) bond motifs is 3. The Hall–Kier alpha value is -3.38. The zero-order chi connectivity index (χ0) is 20.7. The molecule has 0 saturated carbocycles. The maximum atomic E-state index is 13.4. The van der Waals surface area contributed by atoms with Crippen molar-refractivity contribution in [2.45, 2.75) is 5.66 Å². The van der Waals surface area contributed by atoms with Crippen molar-refractivity contribution in [2.24, 2.45) is 0 Å².